The molecule has 0 saturated heterocycles. The Balaban J connectivity index is 1.84. The van der Waals surface area contributed by atoms with Gasteiger partial charge in [-0.25, -0.2) is 4.98 Å². The normalized spacial score (nSPS) is 17.1. The third-order valence-electron chi connectivity index (χ3n) is 3.17. The minimum absolute atomic E-state index is 0.135. The molecule has 4 nitrogen and oxygen atoms in total. The van der Waals surface area contributed by atoms with Gasteiger partial charge in [0.1, 0.15) is 18.2 Å². The molecule has 3 N–H and O–H groups in total. The molecule has 0 spiro atoms. The van der Waals surface area contributed by atoms with Crippen LogP contribution >= 0.6 is 0 Å². The molecule has 0 aliphatic carbocycles. The van der Waals surface area contributed by atoms with Crippen molar-refractivity contribution in [2.45, 2.75) is 13.0 Å². The fourth-order valence-corrected chi connectivity index (χ4v) is 2.08. The number of nitrogens with two attached hydrogens (primary N) is 1. The minimum atomic E-state index is 0.135. The molecule has 1 atom stereocenters. The number of benzene rings is 1. The summed E-state index contributed by atoms with van der Waals surface area (Å²) < 4.78 is 5.62. The summed E-state index contributed by atoms with van der Waals surface area (Å²) >= 11 is 0. The van der Waals surface area contributed by atoms with Crippen LogP contribution in [0.25, 0.3) is 0 Å². The van der Waals surface area contributed by atoms with Crippen LogP contribution < -0.4 is 15.8 Å². The molecule has 0 bridgehead atoms. The van der Waals surface area contributed by atoms with Gasteiger partial charge in [-0.15, -0.1) is 0 Å². The molecule has 92 valence electrons. The molecule has 2 heterocycles. The number of para-hydroxylation sites is 1. The molecule has 3 rings (SSSR count). The lowest BCUT2D eigenvalue weighted by molar-refractivity contribution is 0.339. The number of fused-ring (bicyclic) bond motifs is 1. The molecule has 0 fully saturated rings. The van der Waals surface area contributed by atoms with Gasteiger partial charge in [0.05, 0.1) is 6.04 Å². The SMILES string of the molecule is Cc1cnc(NC2COc3ccccc32)cc1N. The van der Waals surface area contributed by atoms with E-state index in [9.17, 15) is 0 Å². The zero-order valence-corrected chi connectivity index (χ0v) is 10.2. The lowest BCUT2D eigenvalue weighted by Crippen LogP contribution is -2.13. The van der Waals surface area contributed by atoms with Crippen molar-refractivity contribution < 1.29 is 4.74 Å². The largest absolute Gasteiger partial charge is 0.491 e. The van der Waals surface area contributed by atoms with E-state index < -0.39 is 0 Å². The van der Waals surface area contributed by atoms with Crippen LogP contribution in [0.4, 0.5) is 11.5 Å². The second kappa shape index (κ2) is 4.22. The van der Waals surface area contributed by atoms with Crippen molar-refractivity contribution in [2.24, 2.45) is 0 Å². The Kier molecular flexibility index (Phi) is 2.55. The van der Waals surface area contributed by atoms with Crippen molar-refractivity contribution >= 4 is 11.5 Å². The van der Waals surface area contributed by atoms with Crippen molar-refractivity contribution in [2.75, 3.05) is 17.7 Å². The second-order valence-corrected chi connectivity index (χ2v) is 4.47. The highest BCUT2D eigenvalue weighted by Crippen LogP contribution is 2.33. The van der Waals surface area contributed by atoms with Crippen molar-refractivity contribution in [3.05, 3.63) is 47.7 Å². The molecule has 1 aromatic heterocycles. The van der Waals surface area contributed by atoms with Gasteiger partial charge in [-0.2, -0.15) is 0 Å². The van der Waals surface area contributed by atoms with E-state index in [2.05, 4.69) is 16.4 Å². The summed E-state index contributed by atoms with van der Waals surface area (Å²) in [5.74, 6) is 1.72. The lowest BCUT2D eigenvalue weighted by atomic mass is 10.1. The molecule has 1 aliphatic rings. The van der Waals surface area contributed by atoms with Gasteiger partial charge in [0.15, 0.2) is 0 Å². The highest BCUT2D eigenvalue weighted by atomic mass is 16.5. The number of pyridine rings is 1. The first-order chi connectivity index (χ1) is 8.74. The third kappa shape index (κ3) is 1.86. The Morgan fingerprint density at radius 3 is 3.06 bits per heavy atom. The van der Waals surface area contributed by atoms with E-state index in [1.807, 2.05) is 31.2 Å². The number of aromatic nitrogens is 1. The summed E-state index contributed by atoms with van der Waals surface area (Å²) in [5.41, 5.74) is 8.78. The molecule has 4 heteroatoms. The number of nitrogen functional groups attached to an aromatic ring is 1. The monoisotopic (exact) mass is 241 g/mol. The molecule has 18 heavy (non-hydrogen) atoms. The lowest BCUT2D eigenvalue weighted by Gasteiger charge is -2.13. The number of rotatable bonds is 2. The van der Waals surface area contributed by atoms with Gasteiger partial charge in [0, 0.05) is 23.5 Å². The fourth-order valence-electron chi connectivity index (χ4n) is 2.08. The predicted octanol–water partition coefficient (Wildman–Crippen LogP) is 2.52. The first-order valence-corrected chi connectivity index (χ1v) is 5.94. The maximum atomic E-state index is 5.88. The number of nitrogens with zero attached hydrogens (tertiary/aromatic N) is 1. The quantitative estimate of drug-likeness (QED) is 0.848. The van der Waals surface area contributed by atoms with Crippen LogP contribution in [0.2, 0.25) is 0 Å². The minimum Gasteiger partial charge on any atom is -0.491 e. The van der Waals surface area contributed by atoms with Gasteiger partial charge in [0.25, 0.3) is 0 Å². The summed E-state index contributed by atoms with van der Waals surface area (Å²) in [5, 5.41) is 3.35. The Hall–Kier alpha value is -2.23. The number of hydrogen-bond donors (Lipinski definition) is 2. The van der Waals surface area contributed by atoms with Crippen LogP contribution in [-0.2, 0) is 0 Å². The average molecular weight is 241 g/mol. The smallest absolute Gasteiger partial charge is 0.128 e. The standard InChI is InChI=1S/C14H15N3O/c1-9-7-16-14(6-11(9)15)17-12-8-18-13-5-3-2-4-10(12)13/h2-7,12H,8H2,1H3,(H3,15,16,17). The Morgan fingerprint density at radius 2 is 2.22 bits per heavy atom. The number of ether oxygens (including phenoxy) is 1. The summed E-state index contributed by atoms with van der Waals surface area (Å²) in [6.45, 7) is 2.56. The first kappa shape index (κ1) is 10.9. The molecular weight excluding hydrogens is 226 g/mol. The number of aryl methyl sites for hydroxylation is 1. The summed E-state index contributed by atoms with van der Waals surface area (Å²) in [6, 6.07) is 10.0. The Morgan fingerprint density at radius 1 is 1.39 bits per heavy atom. The van der Waals surface area contributed by atoms with Crippen molar-refractivity contribution in [3.8, 4) is 5.75 Å². The van der Waals surface area contributed by atoms with E-state index in [1.54, 1.807) is 6.20 Å². The maximum Gasteiger partial charge on any atom is 0.128 e. The maximum absolute atomic E-state index is 5.88. The molecular formula is C14H15N3O. The van der Waals surface area contributed by atoms with Crippen LogP contribution in [0.1, 0.15) is 17.2 Å². The van der Waals surface area contributed by atoms with Crippen LogP contribution in [0, 0.1) is 6.92 Å². The van der Waals surface area contributed by atoms with Gasteiger partial charge in [-0.1, -0.05) is 18.2 Å². The van der Waals surface area contributed by atoms with Gasteiger partial charge in [0.2, 0.25) is 0 Å². The fraction of sp³-hybridized carbons (Fsp3) is 0.214. The number of anilines is 2. The van der Waals surface area contributed by atoms with E-state index in [0.29, 0.717) is 6.61 Å². The Bertz CT molecular complexity index is 583. The molecule has 0 saturated carbocycles. The van der Waals surface area contributed by atoms with E-state index in [0.717, 1.165) is 22.8 Å². The van der Waals surface area contributed by atoms with Crippen molar-refractivity contribution in [1.82, 2.24) is 4.98 Å². The van der Waals surface area contributed by atoms with E-state index in [-0.39, 0.29) is 6.04 Å². The highest BCUT2D eigenvalue weighted by molar-refractivity contribution is 5.55. The first-order valence-electron chi connectivity index (χ1n) is 5.94. The van der Waals surface area contributed by atoms with Crippen LogP contribution in [0.3, 0.4) is 0 Å². The summed E-state index contributed by atoms with van der Waals surface area (Å²) in [4.78, 5) is 4.33. The van der Waals surface area contributed by atoms with Crippen LogP contribution in [-0.4, -0.2) is 11.6 Å². The summed E-state index contributed by atoms with van der Waals surface area (Å²) in [6.07, 6.45) is 1.78. The molecule has 0 amide bonds. The molecule has 1 aromatic carbocycles. The Labute approximate surface area is 106 Å². The summed E-state index contributed by atoms with van der Waals surface area (Å²) in [7, 11) is 0. The van der Waals surface area contributed by atoms with E-state index >= 15 is 0 Å². The molecule has 2 aromatic rings. The van der Waals surface area contributed by atoms with Crippen molar-refractivity contribution in [1.29, 1.82) is 0 Å². The average Bonchev–Trinajstić information content (AvgIpc) is 2.78. The molecule has 1 unspecified atom stereocenters. The third-order valence-corrected chi connectivity index (χ3v) is 3.17. The van der Waals surface area contributed by atoms with Crippen LogP contribution in [0.15, 0.2) is 36.5 Å². The number of nitrogens with one attached hydrogen (secondary N) is 1. The molecule has 0 radical (unpaired) electrons. The van der Waals surface area contributed by atoms with E-state index in [4.69, 9.17) is 10.5 Å². The zero-order chi connectivity index (χ0) is 12.5. The topological polar surface area (TPSA) is 60.2 Å². The van der Waals surface area contributed by atoms with Gasteiger partial charge < -0.3 is 15.8 Å². The second-order valence-electron chi connectivity index (χ2n) is 4.47. The highest BCUT2D eigenvalue weighted by Gasteiger charge is 2.23. The van der Waals surface area contributed by atoms with Crippen molar-refractivity contribution in [3.63, 3.8) is 0 Å². The van der Waals surface area contributed by atoms with E-state index in [1.165, 1.54) is 5.56 Å². The zero-order valence-electron chi connectivity index (χ0n) is 10.2. The molecule has 1 aliphatic heterocycles. The predicted molar refractivity (Wildman–Crippen MR) is 71.7 cm³/mol. The van der Waals surface area contributed by atoms with Gasteiger partial charge in [-0.05, 0) is 18.6 Å². The van der Waals surface area contributed by atoms with Gasteiger partial charge >= 0.3 is 0 Å². The van der Waals surface area contributed by atoms with Gasteiger partial charge in [-0.3, -0.25) is 0 Å². The van der Waals surface area contributed by atoms with Crippen LogP contribution in [0.5, 0.6) is 5.75 Å². The number of hydrogen-bond acceptors (Lipinski definition) is 4.